The van der Waals surface area contributed by atoms with Crippen molar-refractivity contribution in [3.63, 3.8) is 0 Å². The third-order valence-electron chi connectivity index (χ3n) is 1.04. The Kier molecular flexibility index (Phi) is 1.67. The number of nitrogens with two attached hydrogens (primary N) is 1. The van der Waals surface area contributed by atoms with E-state index in [9.17, 15) is 0 Å². The Labute approximate surface area is 49.1 Å². The molecule has 2 N–H and O–H groups in total. The van der Waals surface area contributed by atoms with Gasteiger partial charge in [-0.05, 0) is 25.1 Å². The Morgan fingerprint density at radius 1 is 1.50 bits per heavy atom. The van der Waals surface area contributed by atoms with Gasteiger partial charge in [0.1, 0.15) is 0 Å². The molecule has 0 aliphatic heterocycles. The highest BCUT2D eigenvalue weighted by Crippen LogP contribution is 2.22. The largest absolute Gasteiger partial charge is 0.405 e. The first-order valence-electron chi connectivity index (χ1n) is 2.83. The van der Waals surface area contributed by atoms with Crippen LogP contribution in [-0.4, -0.2) is 12.3 Å². The maximum Gasteiger partial charge on any atom is 0.0501 e. The van der Waals surface area contributed by atoms with Crippen molar-refractivity contribution in [2.24, 2.45) is 10.7 Å². The highest BCUT2D eigenvalue weighted by atomic mass is 14.8. The summed E-state index contributed by atoms with van der Waals surface area (Å²) in [5.74, 6) is 0. The van der Waals surface area contributed by atoms with Crippen LogP contribution in [0.15, 0.2) is 17.3 Å². The van der Waals surface area contributed by atoms with Gasteiger partial charge in [0.2, 0.25) is 0 Å². The van der Waals surface area contributed by atoms with Crippen LogP contribution in [0.1, 0.15) is 12.8 Å². The molecule has 0 aromatic carbocycles. The summed E-state index contributed by atoms with van der Waals surface area (Å²) in [7, 11) is 0. The van der Waals surface area contributed by atoms with Gasteiger partial charge in [-0.3, -0.25) is 4.99 Å². The number of hydrogen-bond donors (Lipinski definition) is 1. The zero-order chi connectivity index (χ0) is 5.82. The molecule has 0 bridgehead atoms. The van der Waals surface area contributed by atoms with Gasteiger partial charge in [0.05, 0.1) is 6.04 Å². The van der Waals surface area contributed by atoms with Crippen LogP contribution < -0.4 is 5.73 Å². The number of aliphatic imine (C=N–C) groups is 1. The molecule has 0 amide bonds. The molecule has 1 fully saturated rings. The molecule has 1 aliphatic rings. The topological polar surface area (TPSA) is 38.4 Å². The predicted molar refractivity (Wildman–Crippen MR) is 34.8 cm³/mol. The lowest BCUT2D eigenvalue weighted by molar-refractivity contribution is 1.08. The molecule has 0 heterocycles. The van der Waals surface area contributed by atoms with Gasteiger partial charge in [0.15, 0.2) is 0 Å². The fourth-order valence-electron chi connectivity index (χ4n) is 0.445. The molecule has 1 rings (SSSR count). The van der Waals surface area contributed by atoms with Gasteiger partial charge in [0, 0.05) is 6.21 Å². The summed E-state index contributed by atoms with van der Waals surface area (Å²) >= 11 is 0. The first-order chi connectivity index (χ1) is 3.93. The fraction of sp³-hybridized carbons (Fsp3) is 0.500. The first-order valence-corrected chi connectivity index (χ1v) is 2.83. The zero-order valence-electron chi connectivity index (χ0n) is 4.75. The maximum atomic E-state index is 5.06. The molecule has 8 heavy (non-hydrogen) atoms. The molecule has 0 radical (unpaired) electrons. The molecule has 0 aromatic rings. The van der Waals surface area contributed by atoms with E-state index in [0.717, 1.165) is 0 Å². The molecular formula is C6H10N2. The molecule has 44 valence electrons. The van der Waals surface area contributed by atoms with E-state index >= 15 is 0 Å². The Balaban J connectivity index is 2.13. The molecule has 0 saturated heterocycles. The lowest BCUT2D eigenvalue weighted by Gasteiger charge is -1.75. The van der Waals surface area contributed by atoms with E-state index in [2.05, 4.69) is 4.99 Å². The van der Waals surface area contributed by atoms with E-state index in [4.69, 9.17) is 5.73 Å². The number of nitrogens with zero attached hydrogens (tertiary/aromatic N) is 1. The minimum Gasteiger partial charge on any atom is -0.405 e. The van der Waals surface area contributed by atoms with Gasteiger partial charge >= 0.3 is 0 Å². The lowest BCUT2D eigenvalue weighted by atomic mass is 10.6. The molecule has 0 aromatic heterocycles. The van der Waals surface area contributed by atoms with Gasteiger partial charge in [-0.2, -0.15) is 0 Å². The quantitative estimate of drug-likeness (QED) is 0.522. The van der Waals surface area contributed by atoms with Gasteiger partial charge in [-0.25, -0.2) is 0 Å². The summed E-state index contributed by atoms with van der Waals surface area (Å²) in [5, 5.41) is 0. The molecule has 0 spiro atoms. The summed E-state index contributed by atoms with van der Waals surface area (Å²) in [4.78, 5) is 4.13. The van der Waals surface area contributed by atoms with Gasteiger partial charge in [-0.15, -0.1) is 0 Å². The smallest absolute Gasteiger partial charge is 0.0501 e. The SMILES string of the molecule is N/C=C\C=NC1CC1. The second-order valence-electron chi connectivity index (χ2n) is 1.91. The van der Waals surface area contributed by atoms with E-state index < -0.39 is 0 Å². The standard InChI is InChI=1S/C6H10N2/c7-4-1-5-8-6-2-3-6/h1,4-6H,2-3,7H2/b4-1-,8-5?. The van der Waals surface area contributed by atoms with Crippen molar-refractivity contribution in [2.75, 3.05) is 0 Å². The minimum absolute atomic E-state index is 0.617. The van der Waals surface area contributed by atoms with E-state index in [-0.39, 0.29) is 0 Å². The van der Waals surface area contributed by atoms with Crippen LogP contribution in [0.2, 0.25) is 0 Å². The lowest BCUT2D eigenvalue weighted by Crippen LogP contribution is -1.78. The monoisotopic (exact) mass is 110 g/mol. The highest BCUT2D eigenvalue weighted by molar-refractivity contribution is 5.71. The molecule has 0 atom stereocenters. The maximum absolute atomic E-state index is 5.06. The second kappa shape index (κ2) is 2.50. The fourth-order valence-corrected chi connectivity index (χ4v) is 0.445. The molecule has 1 saturated carbocycles. The Morgan fingerprint density at radius 3 is 2.75 bits per heavy atom. The highest BCUT2D eigenvalue weighted by Gasteiger charge is 2.18. The summed E-state index contributed by atoms with van der Waals surface area (Å²) < 4.78 is 0. The van der Waals surface area contributed by atoms with E-state index in [0.29, 0.717) is 6.04 Å². The van der Waals surface area contributed by atoms with E-state index in [1.165, 1.54) is 19.0 Å². The Morgan fingerprint density at radius 2 is 2.25 bits per heavy atom. The summed E-state index contributed by atoms with van der Waals surface area (Å²) in [6, 6.07) is 0.617. The molecule has 1 aliphatic carbocycles. The van der Waals surface area contributed by atoms with Crippen LogP contribution in [0.25, 0.3) is 0 Å². The third-order valence-corrected chi connectivity index (χ3v) is 1.04. The van der Waals surface area contributed by atoms with Crippen LogP contribution in [0.3, 0.4) is 0 Å². The average molecular weight is 110 g/mol. The van der Waals surface area contributed by atoms with Crippen molar-refractivity contribution in [1.82, 2.24) is 0 Å². The van der Waals surface area contributed by atoms with Crippen molar-refractivity contribution >= 4 is 6.21 Å². The normalized spacial score (nSPS) is 21.0. The van der Waals surface area contributed by atoms with Gasteiger partial charge in [-0.1, -0.05) is 0 Å². The third kappa shape index (κ3) is 1.78. The van der Waals surface area contributed by atoms with Crippen molar-refractivity contribution in [3.05, 3.63) is 12.3 Å². The minimum atomic E-state index is 0.617. The molecule has 2 nitrogen and oxygen atoms in total. The molecular weight excluding hydrogens is 100 g/mol. The van der Waals surface area contributed by atoms with Crippen LogP contribution in [0.4, 0.5) is 0 Å². The first kappa shape index (κ1) is 5.35. The zero-order valence-corrected chi connectivity index (χ0v) is 4.75. The average Bonchev–Trinajstić information content (AvgIpc) is 2.51. The summed E-state index contributed by atoms with van der Waals surface area (Å²) in [6.45, 7) is 0. The number of hydrogen-bond acceptors (Lipinski definition) is 2. The Hall–Kier alpha value is -0.790. The second-order valence-corrected chi connectivity index (χ2v) is 1.91. The van der Waals surface area contributed by atoms with Gasteiger partial charge in [0.25, 0.3) is 0 Å². The van der Waals surface area contributed by atoms with Crippen molar-refractivity contribution in [3.8, 4) is 0 Å². The Bertz CT molecular complexity index is 112. The van der Waals surface area contributed by atoms with Crippen LogP contribution in [0.5, 0.6) is 0 Å². The summed E-state index contributed by atoms with van der Waals surface area (Å²) in [5.41, 5.74) is 5.06. The summed E-state index contributed by atoms with van der Waals surface area (Å²) in [6.07, 6.45) is 7.52. The van der Waals surface area contributed by atoms with Crippen LogP contribution in [-0.2, 0) is 0 Å². The number of rotatable bonds is 2. The predicted octanol–water partition coefficient (Wildman–Crippen LogP) is 0.692. The van der Waals surface area contributed by atoms with Gasteiger partial charge < -0.3 is 5.73 Å². The number of allylic oxidation sites excluding steroid dienone is 1. The van der Waals surface area contributed by atoms with E-state index in [1.807, 2.05) is 0 Å². The van der Waals surface area contributed by atoms with Crippen molar-refractivity contribution in [2.45, 2.75) is 18.9 Å². The van der Waals surface area contributed by atoms with Crippen molar-refractivity contribution < 1.29 is 0 Å². The molecule has 2 heteroatoms. The van der Waals surface area contributed by atoms with Crippen molar-refractivity contribution in [1.29, 1.82) is 0 Å². The van der Waals surface area contributed by atoms with E-state index in [1.54, 1.807) is 12.3 Å². The van der Waals surface area contributed by atoms with Crippen LogP contribution >= 0.6 is 0 Å². The van der Waals surface area contributed by atoms with Crippen LogP contribution in [0, 0.1) is 0 Å². The molecule has 0 unspecified atom stereocenters.